The van der Waals surface area contributed by atoms with E-state index in [1.165, 1.54) is 6.07 Å². The lowest BCUT2D eigenvalue weighted by molar-refractivity contribution is -0.139. The summed E-state index contributed by atoms with van der Waals surface area (Å²) in [6.45, 7) is 3.79. The first-order valence-corrected chi connectivity index (χ1v) is 10.3. The van der Waals surface area contributed by atoms with Gasteiger partial charge < -0.3 is 15.1 Å². The van der Waals surface area contributed by atoms with E-state index < -0.39 is 11.6 Å². The van der Waals surface area contributed by atoms with E-state index in [0.29, 0.717) is 50.6 Å². The third-order valence-electron chi connectivity index (χ3n) is 6.49. The van der Waals surface area contributed by atoms with Crippen molar-refractivity contribution in [3.8, 4) is 0 Å². The summed E-state index contributed by atoms with van der Waals surface area (Å²) in [6, 6.07) is 6.12. The second-order valence-corrected chi connectivity index (χ2v) is 8.41. The van der Waals surface area contributed by atoms with E-state index in [2.05, 4.69) is 12.2 Å². The zero-order valence-electron chi connectivity index (χ0n) is 16.7. The molecule has 8 heteroatoms. The Labute approximate surface area is 169 Å². The van der Waals surface area contributed by atoms with Crippen LogP contribution in [0.2, 0.25) is 0 Å². The molecule has 1 aromatic rings. The van der Waals surface area contributed by atoms with Crippen molar-refractivity contribution in [1.82, 2.24) is 15.1 Å². The lowest BCUT2D eigenvalue weighted by Gasteiger charge is -2.36. The minimum Gasteiger partial charge on any atom is -0.366 e. The quantitative estimate of drug-likeness (QED) is 0.785. The van der Waals surface area contributed by atoms with Crippen molar-refractivity contribution in [3.05, 3.63) is 30.1 Å². The average Bonchev–Trinajstić information content (AvgIpc) is 2.95. The maximum atomic E-state index is 14.0. The molecular formula is C21H27FN4O3. The van der Waals surface area contributed by atoms with Crippen molar-refractivity contribution in [2.24, 2.45) is 5.92 Å². The Morgan fingerprint density at radius 3 is 2.45 bits per heavy atom. The summed E-state index contributed by atoms with van der Waals surface area (Å²) in [7, 11) is 0. The van der Waals surface area contributed by atoms with Crippen molar-refractivity contribution < 1.29 is 18.8 Å². The van der Waals surface area contributed by atoms with Gasteiger partial charge in [0, 0.05) is 26.2 Å². The smallest absolute Gasteiger partial charge is 0.325 e. The van der Waals surface area contributed by atoms with Gasteiger partial charge in [-0.25, -0.2) is 9.18 Å². The van der Waals surface area contributed by atoms with Crippen LogP contribution in [0.1, 0.15) is 32.6 Å². The Morgan fingerprint density at radius 1 is 1.14 bits per heavy atom. The molecule has 0 unspecified atom stereocenters. The van der Waals surface area contributed by atoms with E-state index in [1.807, 2.05) is 4.90 Å². The fourth-order valence-corrected chi connectivity index (χ4v) is 4.55. The van der Waals surface area contributed by atoms with Crippen LogP contribution in [-0.2, 0) is 9.59 Å². The number of halogens is 1. The number of nitrogens with zero attached hydrogens (tertiary/aromatic N) is 3. The molecule has 3 aliphatic rings. The van der Waals surface area contributed by atoms with Gasteiger partial charge in [0.1, 0.15) is 17.9 Å². The number of hydrogen-bond acceptors (Lipinski definition) is 4. The van der Waals surface area contributed by atoms with Gasteiger partial charge in [0.2, 0.25) is 5.91 Å². The number of carbonyl (C=O) groups excluding carboxylic acids is 3. The second kappa shape index (κ2) is 7.65. The molecule has 0 aromatic heterocycles. The highest BCUT2D eigenvalue weighted by molar-refractivity contribution is 6.09. The molecule has 1 aliphatic carbocycles. The molecule has 1 saturated carbocycles. The summed E-state index contributed by atoms with van der Waals surface area (Å²) < 4.78 is 14.0. The van der Waals surface area contributed by atoms with Gasteiger partial charge >= 0.3 is 6.03 Å². The SMILES string of the molecule is CC1CCC2(CC1)NC(=O)N(CC(=O)N1CCN(c3ccccc3F)CC1)C2=O. The number of hydrogen-bond donors (Lipinski definition) is 1. The largest absolute Gasteiger partial charge is 0.366 e. The van der Waals surface area contributed by atoms with Gasteiger partial charge in [0.15, 0.2) is 0 Å². The molecule has 2 heterocycles. The number of anilines is 1. The lowest BCUT2D eigenvalue weighted by Crippen LogP contribution is -2.53. The van der Waals surface area contributed by atoms with Crippen molar-refractivity contribution in [3.63, 3.8) is 0 Å². The Hall–Kier alpha value is -2.64. The number of carbonyl (C=O) groups is 3. The van der Waals surface area contributed by atoms with Crippen LogP contribution in [0.15, 0.2) is 24.3 Å². The highest BCUT2D eigenvalue weighted by Gasteiger charge is 2.52. The Bertz CT molecular complexity index is 814. The summed E-state index contributed by atoms with van der Waals surface area (Å²) in [5, 5.41) is 2.85. The number of amides is 4. The Balaban J connectivity index is 1.35. The second-order valence-electron chi connectivity index (χ2n) is 8.41. The number of benzene rings is 1. The van der Waals surface area contributed by atoms with Gasteiger partial charge in [0.05, 0.1) is 5.69 Å². The van der Waals surface area contributed by atoms with Gasteiger partial charge in [0.25, 0.3) is 5.91 Å². The van der Waals surface area contributed by atoms with E-state index in [-0.39, 0.29) is 24.2 Å². The van der Waals surface area contributed by atoms with Gasteiger partial charge in [-0.1, -0.05) is 19.1 Å². The van der Waals surface area contributed by atoms with Crippen molar-refractivity contribution in [1.29, 1.82) is 0 Å². The topological polar surface area (TPSA) is 73.0 Å². The number of imide groups is 1. The number of urea groups is 1. The third-order valence-corrected chi connectivity index (χ3v) is 6.49. The van der Waals surface area contributed by atoms with Crippen molar-refractivity contribution >= 4 is 23.5 Å². The highest BCUT2D eigenvalue weighted by Crippen LogP contribution is 2.36. The monoisotopic (exact) mass is 402 g/mol. The van der Waals surface area contributed by atoms with Crippen LogP contribution in [0.25, 0.3) is 0 Å². The zero-order valence-corrected chi connectivity index (χ0v) is 16.7. The average molecular weight is 402 g/mol. The molecule has 2 aliphatic heterocycles. The van der Waals surface area contributed by atoms with Crippen LogP contribution in [0.3, 0.4) is 0 Å². The predicted molar refractivity (Wildman–Crippen MR) is 106 cm³/mol. The van der Waals surface area contributed by atoms with E-state index in [0.717, 1.165) is 17.7 Å². The van der Waals surface area contributed by atoms with Gasteiger partial charge in [-0.05, 0) is 43.7 Å². The summed E-state index contributed by atoms with van der Waals surface area (Å²) in [4.78, 5) is 42.7. The molecule has 1 aromatic carbocycles. The lowest BCUT2D eigenvalue weighted by atomic mass is 9.77. The first-order valence-electron chi connectivity index (χ1n) is 10.3. The normalized spacial score (nSPS) is 27.5. The molecule has 1 spiro atoms. The fraction of sp³-hybridized carbons (Fsp3) is 0.571. The molecule has 156 valence electrons. The van der Waals surface area contributed by atoms with Crippen LogP contribution in [0, 0.1) is 11.7 Å². The molecule has 0 bridgehead atoms. The van der Waals surface area contributed by atoms with Gasteiger partial charge in [-0.2, -0.15) is 0 Å². The summed E-state index contributed by atoms with van der Waals surface area (Å²) in [6.07, 6.45) is 3.05. The minimum absolute atomic E-state index is 0.234. The van der Waals surface area contributed by atoms with E-state index in [9.17, 15) is 18.8 Å². The van der Waals surface area contributed by atoms with E-state index in [4.69, 9.17) is 0 Å². The third kappa shape index (κ3) is 3.68. The predicted octanol–water partition coefficient (Wildman–Crippen LogP) is 1.97. The molecule has 29 heavy (non-hydrogen) atoms. The summed E-state index contributed by atoms with van der Waals surface area (Å²) in [5.74, 6) is -0.249. The Kier molecular flexibility index (Phi) is 5.19. The van der Waals surface area contributed by atoms with E-state index >= 15 is 0 Å². The maximum absolute atomic E-state index is 14.0. The van der Waals surface area contributed by atoms with Crippen LogP contribution >= 0.6 is 0 Å². The Morgan fingerprint density at radius 2 is 1.79 bits per heavy atom. The van der Waals surface area contributed by atoms with Crippen LogP contribution in [0.5, 0.6) is 0 Å². The summed E-state index contributed by atoms with van der Waals surface area (Å²) in [5.41, 5.74) is -0.296. The fourth-order valence-electron chi connectivity index (χ4n) is 4.55. The van der Waals surface area contributed by atoms with Crippen molar-refractivity contribution in [2.45, 2.75) is 38.1 Å². The molecule has 0 atom stereocenters. The molecule has 2 saturated heterocycles. The molecule has 4 rings (SSSR count). The summed E-state index contributed by atoms with van der Waals surface area (Å²) >= 11 is 0. The molecule has 7 nitrogen and oxygen atoms in total. The first kappa shape index (κ1) is 19.7. The van der Waals surface area contributed by atoms with Crippen LogP contribution < -0.4 is 10.2 Å². The van der Waals surface area contributed by atoms with Crippen molar-refractivity contribution in [2.75, 3.05) is 37.6 Å². The van der Waals surface area contributed by atoms with Crippen LogP contribution in [-0.4, -0.2) is 65.9 Å². The molecule has 4 amide bonds. The molecule has 3 fully saturated rings. The number of nitrogens with one attached hydrogen (secondary N) is 1. The molecule has 1 N–H and O–H groups in total. The standard InChI is InChI=1S/C21H27FN4O3/c1-15-6-8-21(9-7-15)19(28)26(20(29)23-21)14-18(27)25-12-10-24(11-13-25)17-5-3-2-4-16(17)22/h2-5,15H,6-14H2,1H3,(H,23,29). The minimum atomic E-state index is -0.826. The van der Waals surface area contributed by atoms with Crippen LogP contribution in [0.4, 0.5) is 14.9 Å². The number of rotatable bonds is 3. The van der Waals surface area contributed by atoms with E-state index in [1.54, 1.807) is 23.1 Å². The number of piperazine rings is 1. The maximum Gasteiger partial charge on any atom is 0.325 e. The zero-order chi connectivity index (χ0) is 20.6. The molecular weight excluding hydrogens is 375 g/mol. The van der Waals surface area contributed by atoms with Gasteiger partial charge in [-0.15, -0.1) is 0 Å². The number of para-hydroxylation sites is 1. The van der Waals surface area contributed by atoms with Gasteiger partial charge in [-0.3, -0.25) is 14.5 Å². The molecule has 0 radical (unpaired) electrons. The first-order chi connectivity index (χ1) is 13.9. The highest BCUT2D eigenvalue weighted by atomic mass is 19.1.